The number of unbranched alkanes of at least 4 members (excludes halogenated alkanes) is 1. The molecule has 0 aliphatic heterocycles. The van der Waals surface area contributed by atoms with Crippen LogP contribution >= 0.6 is 0 Å². The fourth-order valence-electron chi connectivity index (χ4n) is 6.07. The number of benzene rings is 1. The third kappa shape index (κ3) is 4.13. The Morgan fingerprint density at radius 1 is 1.21 bits per heavy atom. The molecule has 1 aromatic carbocycles. The average molecular weight is 540 g/mol. The number of carbonyl (C=O) groups excluding carboxylic acids is 5. The molecular formula is C28H29NO10. The second-order valence-electron chi connectivity index (χ2n) is 10.0. The first-order valence-electron chi connectivity index (χ1n) is 12.5. The number of esters is 1. The Labute approximate surface area is 223 Å². The van der Waals surface area contributed by atoms with Gasteiger partial charge >= 0.3 is 5.97 Å². The van der Waals surface area contributed by atoms with Crippen molar-refractivity contribution in [1.82, 2.24) is 0 Å². The van der Waals surface area contributed by atoms with E-state index in [0.29, 0.717) is 23.8 Å². The van der Waals surface area contributed by atoms with E-state index in [9.17, 15) is 44.4 Å². The number of Topliss-reactive ketones (excluding diaryl/α,β-unsaturated/α-hetero) is 2. The normalized spacial score (nSPS) is 28.2. The molecule has 11 nitrogen and oxygen atoms in total. The van der Waals surface area contributed by atoms with Gasteiger partial charge in [-0.25, -0.2) is 4.79 Å². The summed E-state index contributed by atoms with van der Waals surface area (Å²) in [6, 6.07) is 2.74. The maximum Gasteiger partial charge on any atom is 0.330 e. The lowest BCUT2D eigenvalue weighted by Gasteiger charge is -2.50. The molecule has 0 radical (unpaired) electrons. The molecule has 0 aromatic heterocycles. The third-order valence-corrected chi connectivity index (χ3v) is 7.91. The first kappa shape index (κ1) is 27.8. The number of aldehydes is 1. The van der Waals surface area contributed by atoms with Crippen molar-refractivity contribution in [2.75, 3.05) is 6.61 Å². The van der Waals surface area contributed by atoms with Crippen LogP contribution < -0.4 is 5.73 Å². The number of primary amides is 1. The first-order valence-corrected chi connectivity index (χ1v) is 12.5. The summed E-state index contributed by atoms with van der Waals surface area (Å²) in [6.07, 6.45) is 3.94. The van der Waals surface area contributed by atoms with E-state index < -0.39 is 87.6 Å². The molecule has 39 heavy (non-hydrogen) atoms. The number of fused-ring (bicyclic) bond motifs is 3. The Bertz CT molecular complexity index is 1390. The fourth-order valence-corrected chi connectivity index (χ4v) is 6.07. The molecule has 4 rings (SSSR count). The number of aliphatic hydroxyl groups is 3. The van der Waals surface area contributed by atoms with Crippen LogP contribution in [0.2, 0.25) is 0 Å². The quantitative estimate of drug-likeness (QED) is 0.112. The predicted octanol–water partition coefficient (Wildman–Crippen LogP) is 1.77. The van der Waals surface area contributed by atoms with Gasteiger partial charge < -0.3 is 35.7 Å². The highest BCUT2D eigenvalue weighted by Crippen LogP contribution is 2.58. The molecule has 206 valence electrons. The van der Waals surface area contributed by atoms with Crippen LogP contribution in [0.5, 0.6) is 5.75 Å². The molecular weight excluding hydrogens is 510 g/mol. The summed E-state index contributed by atoms with van der Waals surface area (Å²) in [4.78, 5) is 62.8. The largest absolute Gasteiger partial charge is 0.508 e. The molecule has 6 N–H and O–H groups in total. The Morgan fingerprint density at radius 3 is 2.51 bits per heavy atom. The van der Waals surface area contributed by atoms with E-state index in [0.717, 1.165) is 6.42 Å². The van der Waals surface area contributed by atoms with E-state index >= 15 is 0 Å². The SMILES string of the molecule is CCCCOC(=O)/C=C/c1ccc(O)c2c1[C@H](C)[C@@H]1C(=C2O)C(=O)[C@]2(O)C(O)=C(C(N)=O)C(=O)C[C@@H]2[C@H]1C=O. The minimum Gasteiger partial charge on any atom is -0.508 e. The molecule has 0 spiro atoms. The first-order chi connectivity index (χ1) is 18.4. The molecule has 1 saturated carbocycles. The van der Waals surface area contributed by atoms with Crippen LogP contribution in [-0.2, 0) is 28.7 Å². The van der Waals surface area contributed by atoms with Crippen molar-refractivity contribution >= 4 is 41.6 Å². The number of hydrogen-bond acceptors (Lipinski definition) is 10. The zero-order chi connectivity index (χ0) is 28.8. The van der Waals surface area contributed by atoms with Crippen LogP contribution in [0.4, 0.5) is 0 Å². The molecule has 11 heteroatoms. The van der Waals surface area contributed by atoms with Gasteiger partial charge in [-0.05, 0) is 35.6 Å². The maximum atomic E-state index is 13.8. The maximum absolute atomic E-state index is 13.8. The summed E-state index contributed by atoms with van der Waals surface area (Å²) in [7, 11) is 0. The second kappa shape index (κ2) is 10.1. The topological polar surface area (TPSA) is 202 Å². The number of rotatable bonds is 7. The second-order valence-corrected chi connectivity index (χ2v) is 10.0. The Morgan fingerprint density at radius 2 is 1.90 bits per heavy atom. The number of hydrogen-bond donors (Lipinski definition) is 5. The summed E-state index contributed by atoms with van der Waals surface area (Å²) < 4.78 is 5.12. The van der Waals surface area contributed by atoms with Crippen molar-refractivity contribution < 1.29 is 49.1 Å². The number of ether oxygens (including phenoxy) is 1. The Kier molecular flexibility index (Phi) is 7.22. The van der Waals surface area contributed by atoms with Crippen molar-refractivity contribution in [2.45, 2.75) is 44.6 Å². The smallest absolute Gasteiger partial charge is 0.330 e. The molecule has 0 saturated heterocycles. The standard InChI is InChI=1S/C28H29NO10/c1-3-4-9-39-18(33)8-6-13-5-7-16(31)21-19(13)12(2)20-14(11-30)15-10-17(32)22(27(29)37)25(35)28(15,38)26(36)23(20)24(21)34/h5-8,11-12,14-15,20,31,34-35,38H,3-4,9-10H2,1-2H3,(H2,29,37)/b8-6+/t12-,14+,15+,20-,28+/m0/s1. The van der Waals surface area contributed by atoms with Crippen molar-refractivity contribution in [3.63, 3.8) is 0 Å². The monoisotopic (exact) mass is 539 g/mol. The van der Waals surface area contributed by atoms with E-state index in [2.05, 4.69) is 0 Å². The molecule has 0 unspecified atom stereocenters. The summed E-state index contributed by atoms with van der Waals surface area (Å²) in [6.45, 7) is 3.82. The average Bonchev–Trinajstić information content (AvgIpc) is 2.88. The van der Waals surface area contributed by atoms with Gasteiger partial charge in [0.05, 0.1) is 12.2 Å². The summed E-state index contributed by atoms with van der Waals surface area (Å²) >= 11 is 0. The number of phenols is 1. The molecule has 3 aliphatic carbocycles. The number of carbonyl (C=O) groups is 5. The van der Waals surface area contributed by atoms with E-state index in [1.54, 1.807) is 6.92 Å². The lowest BCUT2D eigenvalue weighted by atomic mass is 9.52. The zero-order valence-corrected chi connectivity index (χ0v) is 21.3. The number of aliphatic hydroxyl groups excluding tert-OH is 2. The molecule has 3 aliphatic rings. The highest BCUT2D eigenvalue weighted by molar-refractivity contribution is 6.23. The van der Waals surface area contributed by atoms with Gasteiger partial charge in [0.1, 0.15) is 29.1 Å². The van der Waals surface area contributed by atoms with E-state index in [1.807, 2.05) is 6.92 Å². The zero-order valence-electron chi connectivity index (χ0n) is 21.3. The van der Waals surface area contributed by atoms with Gasteiger partial charge in [0.2, 0.25) is 5.78 Å². The van der Waals surface area contributed by atoms with E-state index in [1.165, 1.54) is 24.3 Å². The fraction of sp³-hybridized carbons (Fsp3) is 0.393. The van der Waals surface area contributed by atoms with Gasteiger partial charge in [-0.15, -0.1) is 0 Å². The van der Waals surface area contributed by atoms with Crippen LogP contribution in [0.15, 0.2) is 35.1 Å². The van der Waals surface area contributed by atoms with E-state index in [4.69, 9.17) is 10.5 Å². The third-order valence-electron chi connectivity index (χ3n) is 7.91. The van der Waals surface area contributed by atoms with E-state index in [-0.39, 0.29) is 12.2 Å². The predicted molar refractivity (Wildman–Crippen MR) is 136 cm³/mol. The minimum absolute atomic E-state index is 0.152. The number of nitrogens with two attached hydrogens (primary N) is 1. The number of amides is 1. The van der Waals surface area contributed by atoms with Gasteiger partial charge in [-0.2, -0.15) is 0 Å². The molecule has 0 heterocycles. The van der Waals surface area contributed by atoms with Gasteiger partial charge in [0.15, 0.2) is 11.4 Å². The Hall–Kier alpha value is -4.25. The minimum atomic E-state index is -2.88. The van der Waals surface area contributed by atoms with Crippen LogP contribution in [-0.4, -0.2) is 62.4 Å². The van der Waals surface area contributed by atoms with Crippen LogP contribution in [0.25, 0.3) is 11.8 Å². The summed E-state index contributed by atoms with van der Waals surface area (Å²) in [5, 5.41) is 44.2. The summed E-state index contributed by atoms with van der Waals surface area (Å²) in [5.74, 6) is -11.1. The van der Waals surface area contributed by atoms with Crippen LogP contribution in [0, 0.1) is 17.8 Å². The van der Waals surface area contributed by atoms with Crippen LogP contribution in [0.1, 0.15) is 55.7 Å². The molecule has 1 aromatic rings. The molecule has 1 amide bonds. The molecule has 5 atom stereocenters. The van der Waals surface area contributed by atoms with Crippen molar-refractivity contribution in [1.29, 1.82) is 0 Å². The van der Waals surface area contributed by atoms with Gasteiger partial charge in [-0.1, -0.05) is 26.3 Å². The van der Waals surface area contributed by atoms with Crippen molar-refractivity contribution in [3.8, 4) is 5.75 Å². The van der Waals surface area contributed by atoms with Crippen molar-refractivity contribution in [3.05, 3.63) is 51.8 Å². The molecule has 1 fully saturated rings. The Balaban J connectivity index is 1.90. The lowest BCUT2D eigenvalue weighted by Crippen LogP contribution is -2.62. The van der Waals surface area contributed by atoms with Gasteiger partial charge in [-0.3, -0.25) is 14.4 Å². The highest BCUT2D eigenvalue weighted by Gasteiger charge is 2.65. The molecule has 0 bridgehead atoms. The number of ketones is 2. The van der Waals surface area contributed by atoms with Gasteiger partial charge in [0, 0.05) is 35.8 Å². The van der Waals surface area contributed by atoms with Crippen molar-refractivity contribution in [2.24, 2.45) is 23.5 Å². The lowest BCUT2D eigenvalue weighted by molar-refractivity contribution is -0.154. The number of phenolic OH excluding ortho intramolecular Hbond substituents is 1. The summed E-state index contributed by atoms with van der Waals surface area (Å²) in [5.41, 5.74) is 1.50. The van der Waals surface area contributed by atoms with Crippen LogP contribution in [0.3, 0.4) is 0 Å². The highest BCUT2D eigenvalue weighted by atomic mass is 16.5. The number of aromatic hydroxyl groups is 1. The van der Waals surface area contributed by atoms with Gasteiger partial charge in [0.25, 0.3) is 5.91 Å².